The van der Waals surface area contributed by atoms with Crippen molar-refractivity contribution in [1.29, 1.82) is 0 Å². The summed E-state index contributed by atoms with van der Waals surface area (Å²) in [4.78, 5) is 26.8. The molecule has 192 valence electrons. The van der Waals surface area contributed by atoms with Crippen LogP contribution in [0.5, 0.6) is 17.2 Å². The van der Waals surface area contributed by atoms with Gasteiger partial charge in [0.1, 0.15) is 19.0 Å². The number of ether oxygens (including phenoxy) is 3. The fourth-order valence-corrected chi connectivity index (χ4v) is 4.82. The summed E-state index contributed by atoms with van der Waals surface area (Å²) in [6, 6.07) is 17.6. The second-order valence-electron chi connectivity index (χ2n) is 7.79. The number of imide groups is 1. The minimum atomic E-state index is -0.379. The molecule has 1 aliphatic rings. The van der Waals surface area contributed by atoms with Gasteiger partial charge in [0.25, 0.3) is 11.1 Å². The van der Waals surface area contributed by atoms with Gasteiger partial charge < -0.3 is 14.2 Å². The van der Waals surface area contributed by atoms with Gasteiger partial charge in [-0.25, -0.2) is 0 Å². The molecule has 0 spiro atoms. The fraction of sp³-hybridized carbons (Fsp3) is 0.185. The van der Waals surface area contributed by atoms with Crippen molar-refractivity contribution in [2.75, 3.05) is 19.8 Å². The second-order valence-corrected chi connectivity index (χ2v) is 10.0. The van der Waals surface area contributed by atoms with Gasteiger partial charge in [-0.05, 0) is 72.3 Å². The summed E-state index contributed by atoms with van der Waals surface area (Å²) in [6.45, 7) is 2.80. The van der Waals surface area contributed by atoms with Crippen LogP contribution in [0, 0.1) is 0 Å². The van der Waals surface area contributed by atoms with Crippen molar-refractivity contribution in [3.05, 3.63) is 91.8 Å². The van der Waals surface area contributed by atoms with E-state index in [-0.39, 0.29) is 30.9 Å². The fourth-order valence-electron chi connectivity index (χ4n) is 3.45. The van der Waals surface area contributed by atoms with Crippen molar-refractivity contribution >= 4 is 63.8 Å². The van der Waals surface area contributed by atoms with Gasteiger partial charge in [0.05, 0.1) is 33.1 Å². The molecule has 0 aromatic heterocycles. The Balaban J connectivity index is 1.42. The molecule has 1 heterocycles. The van der Waals surface area contributed by atoms with Crippen molar-refractivity contribution < 1.29 is 23.8 Å². The molecule has 1 saturated heterocycles. The molecule has 0 N–H and O–H groups in total. The summed E-state index contributed by atoms with van der Waals surface area (Å²) in [5, 5.41) is 1.03. The number of rotatable bonds is 10. The number of thioether (sulfide) groups is 1. The molecule has 1 fully saturated rings. The summed E-state index contributed by atoms with van der Waals surface area (Å²) >= 11 is 19.0. The average Bonchev–Trinajstić information content (AvgIpc) is 3.14. The minimum Gasteiger partial charge on any atom is -0.490 e. The maximum absolute atomic E-state index is 12.9. The lowest BCUT2D eigenvalue weighted by atomic mass is 10.1. The molecule has 2 amide bonds. The van der Waals surface area contributed by atoms with Crippen molar-refractivity contribution in [2.24, 2.45) is 0 Å². The van der Waals surface area contributed by atoms with Crippen LogP contribution in [0.15, 0.2) is 65.6 Å². The van der Waals surface area contributed by atoms with Gasteiger partial charge in [0, 0.05) is 0 Å². The van der Waals surface area contributed by atoms with Crippen LogP contribution in [-0.4, -0.2) is 35.8 Å². The van der Waals surface area contributed by atoms with Crippen molar-refractivity contribution in [3.63, 3.8) is 0 Å². The zero-order valence-electron chi connectivity index (χ0n) is 19.7. The lowest BCUT2D eigenvalue weighted by Crippen LogP contribution is -2.32. The number of hydrogen-bond donors (Lipinski definition) is 0. The van der Waals surface area contributed by atoms with Crippen LogP contribution in [0.2, 0.25) is 15.1 Å². The van der Waals surface area contributed by atoms with Gasteiger partial charge in [-0.15, -0.1) is 0 Å². The van der Waals surface area contributed by atoms with E-state index in [4.69, 9.17) is 49.0 Å². The molecule has 4 rings (SSSR count). The van der Waals surface area contributed by atoms with E-state index in [1.54, 1.807) is 60.7 Å². The number of carbonyl (C=O) groups excluding carboxylic acids is 2. The molecular weight excluding hydrogens is 557 g/mol. The van der Waals surface area contributed by atoms with Gasteiger partial charge >= 0.3 is 0 Å². The molecule has 0 radical (unpaired) electrons. The summed E-state index contributed by atoms with van der Waals surface area (Å²) < 4.78 is 17.3. The van der Waals surface area contributed by atoms with Crippen LogP contribution >= 0.6 is 46.6 Å². The molecule has 37 heavy (non-hydrogen) atoms. The Bertz CT molecular complexity index is 1350. The van der Waals surface area contributed by atoms with Crippen molar-refractivity contribution in [2.45, 2.75) is 13.5 Å². The standard InChI is InChI=1S/C27H22Cl3NO5S/c1-2-34-24-14-17(8-10-23(24)36-16-18-7-9-19(28)21(30)13-18)15-25-26(32)31(27(33)37-25)11-12-35-22-6-4-3-5-20(22)29/h3-10,13-15H,2,11-12,16H2,1H3/b25-15-. The van der Waals surface area contributed by atoms with E-state index in [0.717, 1.165) is 22.2 Å². The minimum absolute atomic E-state index is 0.110. The first-order chi connectivity index (χ1) is 17.9. The molecule has 0 saturated carbocycles. The lowest BCUT2D eigenvalue weighted by molar-refractivity contribution is -0.123. The van der Waals surface area contributed by atoms with Gasteiger partial charge in [-0.2, -0.15) is 0 Å². The van der Waals surface area contributed by atoms with Crippen LogP contribution in [0.1, 0.15) is 18.1 Å². The third kappa shape index (κ3) is 6.93. The Morgan fingerprint density at radius 2 is 1.65 bits per heavy atom. The highest BCUT2D eigenvalue weighted by Crippen LogP contribution is 2.35. The second kappa shape index (κ2) is 12.6. The van der Waals surface area contributed by atoms with E-state index >= 15 is 0 Å². The summed E-state index contributed by atoms with van der Waals surface area (Å²) in [6.07, 6.45) is 1.66. The quantitative estimate of drug-likeness (QED) is 0.229. The predicted octanol–water partition coefficient (Wildman–Crippen LogP) is 7.74. The highest BCUT2D eigenvalue weighted by molar-refractivity contribution is 8.18. The first-order valence-corrected chi connectivity index (χ1v) is 13.3. The molecule has 3 aromatic rings. The monoisotopic (exact) mass is 577 g/mol. The van der Waals surface area contributed by atoms with Gasteiger partial charge in [0.15, 0.2) is 11.5 Å². The molecule has 0 unspecified atom stereocenters. The lowest BCUT2D eigenvalue weighted by Gasteiger charge is -2.14. The van der Waals surface area contributed by atoms with E-state index in [9.17, 15) is 9.59 Å². The molecule has 1 aliphatic heterocycles. The maximum Gasteiger partial charge on any atom is 0.293 e. The summed E-state index contributed by atoms with van der Waals surface area (Å²) in [7, 11) is 0. The van der Waals surface area contributed by atoms with Crippen LogP contribution in [0.4, 0.5) is 4.79 Å². The number of para-hydroxylation sites is 1. The molecule has 0 aliphatic carbocycles. The normalized spacial score (nSPS) is 14.4. The Hall–Kier alpha value is -2.84. The van der Waals surface area contributed by atoms with Crippen LogP contribution < -0.4 is 14.2 Å². The van der Waals surface area contributed by atoms with Gasteiger partial charge in [0.2, 0.25) is 0 Å². The molecule has 10 heteroatoms. The van der Waals surface area contributed by atoms with E-state index in [2.05, 4.69) is 0 Å². The molecule has 0 atom stereocenters. The third-order valence-corrected chi connectivity index (χ3v) is 7.19. The topological polar surface area (TPSA) is 65.1 Å². The Labute approximate surface area is 234 Å². The largest absolute Gasteiger partial charge is 0.490 e. The first kappa shape index (κ1) is 27.2. The van der Waals surface area contributed by atoms with Gasteiger partial charge in [-0.3, -0.25) is 14.5 Å². The predicted molar refractivity (Wildman–Crippen MR) is 148 cm³/mol. The highest BCUT2D eigenvalue weighted by Gasteiger charge is 2.34. The Morgan fingerprint density at radius 3 is 2.41 bits per heavy atom. The van der Waals surface area contributed by atoms with E-state index in [1.165, 1.54) is 0 Å². The number of hydrogen-bond acceptors (Lipinski definition) is 6. The summed E-state index contributed by atoms with van der Waals surface area (Å²) in [5.41, 5.74) is 1.55. The van der Waals surface area contributed by atoms with Crippen molar-refractivity contribution in [1.82, 2.24) is 4.90 Å². The number of carbonyl (C=O) groups is 2. The first-order valence-electron chi connectivity index (χ1n) is 11.3. The number of nitrogens with zero attached hydrogens (tertiary/aromatic N) is 1. The van der Waals surface area contributed by atoms with E-state index < -0.39 is 0 Å². The smallest absolute Gasteiger partial charge is 0.293 e. The van der Waals surface area contributed by atoms with Crippen LogP contribution in [0.25, 0.3) is 6.08 Å². The number of benzene rings is 3. The van der Waals surface area contributed by atoms with Crippen LogP contribution in [0.3, 0.4) is 0 Å². The molecule has 3 aromatic carbocycles. The van der Waals surface area contributed by atoms with E-state index in [0.29, 0.717) is 49.4 Å². The SMILES string of the molecule is CCOc1cc(/C=C2\SC(=O)N(CCOc3ccccc3Cl)C2=O)ccc1OCc1ccc(Cl)c(Cl)c1. The number of amides is 2. The van der Waals surface area contributed by atoms with E-state index in [1.807, 2.05) is 13.0 Å². The molecular formula is C27H22Cl3NO5S. The maximum atomic E-state index is 12.9. The van der Waals surface area contributed by atoms with Crippen molar-refractivity contribution in [3.8, 4) is 17.2 Å². The zero-order chi connectivity index (χ0) is 26.4. The molecule has 6 nitrogen and oxygen atoms in total. The Kier molecular flexibility index (Phi) is 9.27. The third-order valence-electron chi connectivity index (χ3n) is 5.23. The summed E-state index contributed by atoms with van der Waals surface area (Å²) in [5.74, 6) is 1.17. The zero-order valence-corrected chi connectivity index (χ0v) is 22.8. The molecule has 0 bridgehead atoms. The van der Waals surface area contributed by atoms with Crippen LogP contribution in [-0.2, 0) is 11.4 Å². The highest BCUT2D eigenvalue weighted by atomic mass is 35.5. The Morgan fingerprint density at radius 1 is 0.838 bits per heavy atom. The average molecular weight is 579 g/mol. The number of halogens is 3. The van der Waals surface area contributed by atoms with Gasteiger partial charge in [-0.1, -0.05) is 59.1 Å².